The molecule has 0 radical (unpaired) electrons. The van der Waals surface area contributed by atoms with Gasteiger partial charge in [-0.05, 0) is 74.3 Å². The molecule has 3 nitrogen and oxygen atoms in total. The van der Waals surface area contributed by atoms with Crippen LogP contribution in [0.1, 0.15) is 48.5 Å². The highest BCUT2D eigenvalue weighted by molar-refractivity contribution is 5.94. The molecule has 1 amide bonds. The Balaban J connectivity index is 1.49. The van der Waals surface area contributed by atoms with Crippen LogP contribution in [0.15, 0.2) is 54.6 Å². The Hall–Kier alpha value is -2.29. The van der Waals surface area contributed by atoms with Crippen molar-refractivity contribution in [2.24, 2.45) is 11.8 Å². The van der Waals surface area contributed by atoms with Gasteiger partial charge in [-0.1, -0.05) is 37.3 Å². The Morgan fingerprint density at radius 3 is 2.73 bits per heavy atom. The van der Waals surface area contributed by atoms with Crippen molar-refractivity contribution in [3.63, 3.8) is 0 Å². The molecule has 1 aliphatic rings. The van der Waals surface area contributed by atoms with E-state index >= 15 is 0 Å². The molecule has 1 fully saturated rings. The zero-order valence-corrected chi connectivity index (χ0v) is 15.8. The Bertz CT molecular complexity index is 713. The smallest absolute Gasteiger partial charge is 0.251 e. The molecule has 0 saturated heterocycles. The van der Waals surface area contributed by atoms with Gasteiger partial charge < -0.3 is 10.1 Å². The first kappa shape index (κ1) is 18.5. The van der Waals surface area contributed by atoms with Gasteiger partial charge in [0.1, 0.15) is 5.75 Å². The van der Waals surface area contributed by atoms with E-state index < -0.39 is 0 Å². The molecule has 0 heterocycles. The second-order valence-electron chi connectivity index (χ2n) is 7.54. The van der Waals surface area contributed by atoms with Crippen LogP contribution in [0.3, 0.4) is 0 Å². The summed E-state index contributed by atoms with van der Waals surface area (Å²) in [5.41, 5.74) is 1.95. The van der Waals surface area contributed by atoms with Crippen molar-refractivity contribution in [2.75, 3.05) is 6.54 Å². The molecule has 0 spiro atoms. The first-order valence-corrected chi connectivity index (χ1v) is 9.68. The quantitative estimate of drug-likeness (QED) is 0.795. The molecule has 3 rings (SSSR count). The molecule has 2 aromatic carbocycles. The summed E-state index contributed by atoms with van der Waals surface area (Å²) < 4.78 is 6.22. The Morgan fingerprint density at radius 1 is 1.15 bits per heavy atom. The number of amides is 1. The molecule has 26 heavy (non-hydrogen) atoms. The molecule has 0 aromatic heterocycles. The SMILES string of the molecule is Cc1cccc(O[C@@H]2CCC[C@H](C(C)CNC(=O)c3ccccc3)C2)c1. The number of ether oxygens (including phenoxy) is 1. The summed E-state index contributed by atoms with van der Waals surface area (Å²) >= 11 is 0. The number of benzene rings is 2. The van der Waals surface area contributed by atoms with Crippen molar-refractivity contribution in [3.05, 3.63) is 65.7 Å². The molecular weight excluding hydrogens is 322 g/mol. The maximum Gasteiger partial charge on any atom is 0.251 e. The van der Waals surface area contributed by atoms with Crippen LogP contribution in [0.25, 0.3) is 0 Å². The summed E-state index contributed by atoms with van der Waals surface area (Å²) in [5.74, 6) is 2.03. The van der Waals surface area contributed by atoms with Crippen LogP contribution in [-0.2, 0) is 0 Å². The molecule has 138 valence electrons. The van der Waals surface area contributed by atoms with Crippen LogP contribution in [0.4, 0.5) is 0 Å². The second kappa shape index (κ2) is 8.88. The fourth-order valence-electron chi connectivity index (χ4n) is 3.80. The highest BCUT2D eigenvalue weighted by Gasteiger charge is 2.27. The summed E-state index contributed by atoms with van der Waals surface area (Å²) in [6.07, 6.45) is 4.88. The van der Waals surface area contributed by atoms with Crippen molar-refractivity contribution in [1.82, 2.24) is 5.32 Å². The van der Waals surface area contributed by atoms with E-state index in [1.165, 1.54) is 18.4 Å². The molecule has 3 atom stereocenters. The van der Waals surface area contributed by atoms with E-state index in [4.69, 9.17) is 4.74 Å². The predicted octanol–water partition coefficient (Wildman–Crippen LogP) is 5.00. The van der Waals surface area contributed by atoms with Crippen molar-refractivity contribution >= 4 is 5.91 Å². The normalized spacial score (nSPS) is 21.0. The molecular formula is C23H29NO2. The zero-order chi connectivity index (χ0) is 18.4. The molecule has 1 N–H and O–H groups in total. The van der Waals surface area contributed by atoms with E-state index in [1.54, 1.807) is 0 Å². The number of aryl methyl sites for hydroxylation is 1. The Morgan fingerprint density at radius 2 is 1.96 bits per heavy atom. The topological polar surface area (TPSA) is 38.3 Å². The summed E-state index contributed by atoms with van der Waals surface area (Å²) in [6, 6.07) is 17.7. The highest BCUT2D eigenvalue weighted by atomic mass is 16.5. The molecule has 0 bridgehead atoms. The van der Waals surface area contributed by atoms with Gasteiger partial charge in [-0.15, -0.1) is 0 Å². The molecule has 3 heteroatoms. The van der Waals surface area contributed by atoms with E-state index in [9.17, 15) is 4.79 Å². The number of rotatable bonds is 6. The first-order valence-electron chi connectivity index (χ1n) is 9.68. The monoisotopic (exact) mass is 351 g/mol. The van der Waals surface area contributed by atoms with Crippen molar-refractivity contribution in [2.45, 2.75) is 45.6 Å². The summed E-state index contributed by atoms with van der Waals surface area (Å²) in [7, 11) is 0. The number of hydrogen-bond donors (Lipinski definition) is 1. The lowest BCUT2D eigenvalue weighted by atomic mass is 9.79. The fraction of sp³-hybridized carbons (Fsp3) is 0.435. The largest absolute Gasteiger partial charge is 0.490 e. The van der Waals surface area contributed by atoms with Crippen LogP contribution in [-0.4, -0.2) is 18.6 Å². The van der Waals surface area contributed by atoms with Crippen LogP contribution in [0.5, 0.6) is 5.75 Å². The van der Waals surface area contributed by atoms with Gasteiger partial charge in [0.15, 0.2) is 0 Å². The highest BCUT2D eigenvalue weighted by Crippen LogP contribution is 2.32. The third-order valence-corrected chi connectivity index (χ3v) is 5.38. The van der Waals surface area contributed by atoms with Gasteiger partial charge >= 0.3 is 0 Å². The summed E-state index contributed by atoms with van der Waals surface area (Å²) in [6.45, 7) is 5.05. The minimum Gasteiger partial charge on any atom is -0.490 e. The van der Waals surface area contributed by atoms with Crippen molar-refractivity contribution < 1.29 is 9.53 Å². The van der Waals surface area contributed by atoms with E-state index in [2.05, 4.69) is 31.3 Å². The second-order valence-corrected chi connectivity index (χ2v) is 7.54. The van der Waals surface area contributed by atoms with Gasteiger partial charge in [-0.3, -0.25) is 4.79 Å². The average molecular weight is 351 g/mol. The molecule has 0 aliphatic heterocycles. The van der Waals surface area contributed by atoms with E-state index in [-0.39, 0.29) is 12.0 Å². The van der Waals surface area contributed by atoms with Gasteiger partial charge in [0.2, 0.25) is 0 Å². The minimum absolute atomic E-state index is 0.0146. The van der Waals surface area contributed by atoms with Gasteiger partial charge in [-0.25, -0.2) is 0 Å². The average Bonchev–Trinajstić information content (AvgIpc) is 2.67. The molecule has 1 saturated carbocycles. The third kappa shape index (κ3) is 5.10. The number of nitrogens with one attached hydrogen (secondary N) is 1. The van der Waals surface area contributed by atoms with E-state index in [0.29, 0.717) is 11.8 Å². The summed E-state index contributed by atoms with van der Waals surface area (Å²) in [5, 5.41) is 3.09. The lowest BCUT2D eigenvalue weighted by Crippen LogP contribution is -2.35. The van der Waals surface area contributed by atoms with Crippen LogP contribution < -0.4 is 10.1 Å². The van der Waals surface area contributed by atoms with Gasteiger partial charge in [-0.2, -0.15) is 0 Å². The van der Waals surface area contributed by atoms with Gasteiger partial charge in [0, 0.05) is 12.1 Å². The predicted molar refractivity (Wildman–Crippen MR) is 105 cm³/mol. The zero-order valence-electron chi connectivity index (χ0n) is 15.8. The Labute approximate surface area is 156 Å². The van der Waals surface area contributed by atoms with Crippen LogP contribution in [0.2, 0.25) is 0 Å². The maximum absolute atomic E-state index is 12.2. The lowest BCUT2D eigenvalue weighted by molar-refractivity contribution is 0.0896. The number of carbonyl (C=O) groups excluding carboxylic acids is 1. The molecule has 1 aliphatic carbocycles. The summed E-state index contributed by atoms with van der Waals surface area (Å²) in [4.78, 5) is 12.2. The molecule has 2 aromatic rings. The number of hydrogen-bond acceptors (Lipinski definition) is 2. The molecule has 1 unspecified atom stereocenters. The number of carbonyl (C=O) groups is 1. The lowest BCUT2D eigenvalue weighted by Gasteiger charge is -2.33. The maximum atomic E-state index is 12.2. The van der Waals surface area contributed by atoms with Crippen LogP contribution >= 0.6 is 0 Å². The van der Waals surface area contributed by atoms with Crippen molar-refractivity contribution in [3.8, 4) is 5.75 Å². The van der Waals surface area contributed by atoms with Gasteiger partial charge in [0.25, 0.3) is 5.91 Å². The van der Waals surface area contributed by atoms with E-state index in [1.807, 2.05) is 42.5 Å². The van der Waals surface area contributed by atoms with Gasteiger partial charge in [0.05, 0.1) is 6.10 Å². The van der Waals surface area contributed by atoms with E-state index in [0.717, 1.165) is 30.7 Å². The third-order valence-electron chi connectivity index (χ3n) is 5.38. The van der Waals surface area contributed by atoms with Crippen molar-refractivity contribution in [1.29, 1.82) is 0 Å². The fourth-order valence-corrected chi connectivity index (χ4v) is 3.80. The standard InChI is InChI=1S/C23H29NO2/c1-17-8-6-12-21(14-17)26-22-13-7-11-20(15-22)18(2)16-24-23(25)19-9-4-3-5-10-19/h3-6,8-10,12,14,18,20,22H,7,11,13,15-16H2,1-2H3,(H,24,25)/t18?,20-,22+/m0/s1. The van der Waals surface area contributed by atoms with Crippen LogP contribution in [0, 0.1) is 18.8 Å². The minimum atomic E-state index is 0.0146. The Kier molecular flexibility index (Phi) is 6.32. The first-order chi connectivity index (χ1) is 12.6.